The minimum atomic E-state index is -0.224. The number of ether oxygens (including phenoxy) is 3. The van der Waals surface area contributed by atoms with Crippen LogP contribution in [0.1, 0.15) is 11.1 Å². The minimum Gasteiger partial charge on any atom is -0.482 e. The van der Waals surface area contributed by atoms with Crippen molar-refractivity contribution in [3.8, 4) is 17.2 Å². The van der Waals surface area contributed by atoms with E-state index in [0.29, 0.717) is 29.5 Å². The largest absolute Gasteiger partial charge is 0.482 e. The molecule has 0 spiro atoms. The normalized spacial score (nSPS) is 14.6. The third-order valence-corrected chi connectivity index (χ3v) is 4.63. The van der Waals surface area contributed by atoms with Gasteiger partial charge < -0.3 is 19.1 Å². The van der Waals surface area contributed by atoms with Crippen LogP contribution in [0.5, 0.6) is 17.2 Å². The lowest BCUT2D eigenvalue weighted by Gasteiger charge is -2.30. The van der Waals surface area contributed by atoms with Crippen LogP contribution in [0, 0.1) is 6.92 Å². The fourth-order valence-electron chi connectivity index (χ4n) is 3.14. The van der Waals surface area contributed by atoms with Crippen LogP contribution in [0.25, 0.3) is 0 Å². The van der Waals surface area contributed by atoms with E-state index in [1.54, 1.807) is 11.9 Å². The van der Waals surface area contributed by atoms with Crippen LogP contribution in [0.4, 0.5) is 5.69 Å². The number of hydrogen-bond acceptors (Lipinski definition) is 5. The van der Waals surface area contributed by atoms with E-state index in [-0.39, 0.29) is 31.8 Å². The molecule has 0 bridgehead atoms. The zero-order valence-electron chi connectivity index (χ0n) is 15.2. The predicted molar refractivity (Wildman–Crippen MR) is 98.1 cm³/mol. The molecule has 0 N–H and O–H groups in total. The van der Waals surface area contributed by atoms with Gasteiger partial charge in [0.25, 0.3) is 5.91 Å². The molecule has 0 atom stereocenters. The molecule has 140 valence electrons. The van der Waals surface area contributed by atoms with Crippen molar-refractivity contribution in [2.75, 3.05) is 31.9 Å². The number of carbonyl (C=O) groups excluding carboxylic acids is 2. The first-order valence-electron chi connectivity index (χ1n) is 8.67. The molecule has 0 fully saturated rings. The lowest BCUT2D eigenvalue weighted by atomic mass is 10.1. The van der Waals surface area contributed by atoms with Crippen molar-refractivity contribution >= 4 is 17.5 Å². The van der Waals surface area contributed by atoms with E-state index in [1.165, 1.54) is 4.90 Å². The highest BCUT2D eigenvalue weighted by molar-refractivity contribution is 6.02. The lowest BCUT2D eigenvalue weighted by molar-refractivity contribution is -0.131. The molecule has 2 aliphatic heterocycles. The number of rotatable bonds is 4. The highest BCUT2D eigenvalue weighted by Gasteiger charge is 2.28. The number of anilines is 1. The average molecular weight is 368 g/mol. The summed E-state index contributed by atoms with van der Waals surface area (Å²) in [5.74, 6) is 1.62. The molecule has 2 aliphatic rings. The lowest BCUT2D eigenvalue weighted by Crippen LogP contribution is -2.45. The molecule has 0 radical (unpaired) electrons. The molecular formula is C20H20N2O5. The maximum absolute atomic E-state index is 12.7. The second-order valence-electron chi connectivity index (χ2n) is 6.68. The summed E-state index contributed by atoms with van der Waals surface area (Å²) in [6.07, 6.45) is 0. The Morgan fingerprint density at radius 3 is 2.70 bits per heavy atom. The summed E-state index contributed by atoms with van der Waals surface area (Å²) in [5, 5.41) is 0. The highest BCUT2D eigenvalue weighted by Crippen LogP contribution is 2.34. The van der Waals surface area contributed by atoms with Gasteiger partial charge in [-0.1, -0.05) is 12.1 Å². The van der Waals surface area contributed by atoms with Gasteiger partial charge in [0.15, 0.2) is 18.1 Å². The molecule has 0 aliphatic carbocycles. The molecule has 27 heavy (non-hydrogen) atoms. The van der Waals surface area contributed by atoms with Crippen LogP contribution in [0.3, 0.4) is 0 Å². The zero-order chi connectivity index (χ0) is 19.0. The van der Waals surface area contributed by atoms with Gasteiger partial charge in [0.1, 0.15) is 12.3 Å². The van der Waals surface area contributed by atoms with Crippen molar-refractivity contribution in [2.24, 2.45) is 0 Å². The minimum absolute atomic E-state index is 0.0281. The van der Waals surface area contributed by atoms with Crippen LogP contribution >= 0.6 is 0 Å². The van der Waals surface area contributed by atoms with Gasteiger partial charge in [-0.2, -0.15) is 0 Å². The fraction of sp³-hybridized carbons (Fsp3) is 0.300. The van der Waals surface area contributed by atoms with E-state index in [9.17, 15) is 9.59 Å². The topological polar surface area (TPSA) is 68.3 Å². The highest BCUT2D eigenvalue weighted by atomic mass is 16.7. The zero-order valence-corrected chi connectivity index (χ0v) is 15.2. The van der Waals surface area contributed by atoms with Gasteiger partial charge in [-0.3, -0.25) is 14.5 Å². The number of carbonyl (C=O) groups is 2. The van der Waals surface area contributed by atoms with Crippen LogP contribution in [-0.4, -0.2) is 43.7 Å². The number of benzene rings is 2. The molecule has 0 unspecified atom stereocenters. The molecule has 0 aromatic heterocycles. The van der Waals surface area contributed by atoms with E-state index in [1.807, 2.05) is 43.3 Å². The molecule has 2 heterocycles. The van der Waals surface area contributed by atoms with E-state index in [0.717, 1.165) is 11.1 Å². The summed E-state index contributed by atoms with van der Waals surface area (Å²) < 4.78 is 16.1. The standard InChI is InChI=1S/C20H20N2O5/c1-13-3-5-16-15(7-13)22(20(24)11-25-16)10-19(23)21(2)9-14-4-6-17-18(8-14)27-12-26-17/h3-8H,9-12H2,1-2H3. The van der Waals surface area contributed by atoms with Crippen LogP contribution in [0.15, 0.2) is 36.4 Å². The van der Waals surface area contributed by atoms with Gasteiger partial charge >= 0.3 is 0 Å². The smallest absolute Gasteiger partial charge is 0.265 e. The summed E-state index contributed by atoms with van der Waals surface area (Å²) in [5.41, 5.74) is 2.56. The Morgan fingerprint density at radius 1 is 1.07 bits per heavy atom. The van der Waals surface area contributed by atoms with E-state index in [2.05, 4.69) is 0 Å². The average Bonchev–Trinajstić information content (AvgIpc) is 3.11. The number of likely N-dealkylation sites (N-methyl/N-ethyl adjacent to an activating group) is 1. The number of nitrogens with zero attached hydrogens (tertiary/aromatic N) is 2. The van der Waals surface area contributed by atoms with Crippen LogP contribution < -0.4 is 19.1 Å². The molecule has 0 saturated heterocycles. The van der Waals surface area contributed by atoms with Crippen LogP contribution in [0.2, 0.25) is 0 Å². The van der Waals surface area contributed by atoms with Gasteiger partial charge in [0, 0.05) is 13.6 Å². The second-order valence-corrected chi connectivity index (χ2v) is 6.68. The first kappa shape index (κ1) is 17.2. The second kappa shape index (κ2) is 6.83. The molecule has 7 heteroatoms. The van der Waals surface area contributed by atoms with E-state index < -0.39 is 0 Å². The van der Waals surface area contributed by atoms with Gasteiger partial charge in [-0.15, -0.1) is 0 Å². The maximum atomic E-state index is 12.7. The summed E-state index contributed by atoms with van der Waals surface area (Å²) in [4.78, 5) is 28.1. The number of fused-ring (bicyclic) bond motifs is 2. The van der Waals surface area contributed by atoms with Gasteiger partial charge in [0.05, 0.1) is 5.69 Å². The molecule has 7 nitrogen and oxygen atoms in total. The van der Waals surface area contributed by atoms with E-state index >= 15 is 0 Å². The number of amides is 2. The van der Waals surface area contributed by atoms with Crippen molar-refractivity contribution in [2.45, 2.75) is 13.5 Å². The van der Waals surface area contributed by atoms with Crippen LogP contribution in [-0.2, 0) is 16.1 Å². The van der Waals surface area contributed by atoms with Gasteiger partial charge in [-0.25, -0.2) is 0 Å². The maximum Gasteiger partial charge on any atom is 0.265 e. The Kier molecular flexibility index (Phi) is 4.35. The molecule has 2 aromatic carbocycles. The summed E-state index contributed by atoms with van der Waals surface area (Å²) >= 11 is 0. The molecule has 0 saturated carbocycles. The van der Waals surface area contributed by atoms with Gasteiger partial charge in [0.2, 0.25) is 12.7 Å². The van der Waals surface area contributed by atoms with Gasteiger partial charge in [-0.05, 0) is 42.3 Å². The Balaban J connectivity index is 1.47. The van der Waals surface area contributed by atoms with Crippen molar-refractivity contribution in [3.63, 3.8) is 0 Å². The SMILES string of the molecule is Cc1ccc2c(c1)N(CC(=O)N(C)Cc1ccc3c(c1)OCO3)C(=O)CO2. The molecular weight excluding hydrogens is 348 g/mol. The van der Waals surface area contributed by atoms with Crippen molar-refractivity contribution in [1.29, 1.82) is 0 Å². The first-order chi connectivity index (χ1) is 13.0. The summed E-state index contributed by atoms with van der Waals surface area (Å²) in [6, 6.07) is 11.2. The number of aryl methyl sites for hydroxylation is 1. The predicted octanol–water partition coefficient (Wildman–Crippen LogP) is 2.11. The Labute approximate surface area is 157 Å². The molecule has 2 amide bonds. The monoisotopic (exact) mass is 368 g/mol. The Hall–Kier alpha value is -3.22. The summed E-state index contributed by atoms with van der Waals surface area (Å²) in [7, 11) is 1.72. The van der Waals surface area contributed by atoms with Crippen molar-refractivity contribution in [3.05, 3.63) is 47.5 Å². The first-order valence-corrected chi connectivity index (χ1v) is 8.67. The van der Waals surface area contributed by atoms with E-state index in [4.69, 9.17) is 14.2 Å². The number of hydrogen-bond donors (Lipinski definition) is 0. The van der Waals surface area contributed by atoms with Crippen molar-refractivity contribution < 1.29 is 23.8 Å². The molecule has 2 aromatic rings. The third-order valence-electron chi connectivity index (χ3n) is 4.63. The summed E-state index contributed by atoms with van der Waals surface area (Å²) in [6.45, 7) is 2.47. The molecule has 4 rings (SSSR count). The third kappa shape index (κ3) is 3.40. The Morgan fingerprint density at radius 2 is 1.85 bits per heavy atom. The quantitative estimate of drug-likeness (QED) is 0.827. The fourth-order valence-corrected chi connectivity index (χ4v) is 3.14. The Bertz CT molecular complexity index is 911. The van der Waals surface area contributed by atoms with Crippen molar-refractivity contribution in [1.82, 2.24) is 4.90 Å².